The van der Waals surface area contributed by atoms with E-state index in [0.717, 1.165) is 49.4 Å². The Hall–Kier alpha value is -1.66. The number of piperidine rings is 1. The second-order valence-electron chi connectivity index (χ2n) is 6.62. The lowest BCUT2D eigenvalue weighted by molar-refractivity contribution is 0.0355. The van der Waals surface area contributed by atoms with E-state index in [4.69, 9.17) is 8.83 Å². The van der Waals surface area contributed by atoms with Crippen LogP contribution in [0.4, 0.5) is 0 Å². The molecule has 0 aromatic carbocycles. The summed E-state index contributed by atoms with van der Waals surface area (Å²) in [6.45, 7) is 8.81. The molecule has 2 aromatic heterocycles. The number of rotatable bonds is 5. The minimum absolute atomic E-state index is 0.0991. The molecule has 3 heterocycles. The van der Waals surface area contributed by atoms with Crippen molar-refractivity contribution < 1.29 is 13.9 Å². The van der Waals surface area contributed by atoms with E-state index in [1.165, 1.54) is 0 Å². The molecule has 0 aliphatic carbocycles. The lowest BCUT2D eigenvalue weighted by Crippen LogP contribution is -2.41. The molecular weight excluding hydrogens is 294 g/mol. The first-order valence-corrected chi connectivity index (χ1v) is 8.28. The topological polar surface area (TPSA) is 75.5 Å². The predicted molar refractivity (Wildman–Crippen MR) is 85.8 cm³/mol. The van der Waals surface area contributed by atoms with Crippen LogP contribution in [0, 0.1) is 19.3 Å². The summed E-state index contributed by atoms with van der Waals surface area (Å²) in [6.07, 6.45) is 3.06. The number of furan rings is 1. The van der Waals surface area contributed by atoms with E-state index in [2.05, 4.69) is 22.0 Å². The van der Waals surface area contributed by atoms with Crippen LogP contribution in [0.25, 0.3) is 11.5 Å². The van der Waals surface area contributed by atoms with E-state index in [9.17, 15) is 5.11 Å². The quantitative estimate of drug-likeness (QED) is 0.913. The molecule has 0 atom stereocenters. The molecule has 1 saturated heterocycles. The number of likely N-dealkylation sites (tertiary alicyclic amines) is 1. The fourth-order valence-corrected chi connectivity index (χ4v) is 3.27. The van der Waals surface area contributed by atoms with Crippen LogP contribution in [0.3, 0.4) is 0 Å². The molecule has 1 aliphatic rings. The maximum atomic E-state index is 9.61. The van der Waals surface area contributed by atoms with Gasteiger partial charge in [-0.2, -0.15) is 0 Å². The van der Waals surface area contributed by atoms with Crippen LogP contribution in [-0.2, 0) is 6.54 Å². The summed E-state index contributed by atoms with van der Waals surface area (Å²) < 4.78 is 11.3. The fourth-order valence-electron chi connectivity index (χ4n) is 3.27. The van der Waals surface area contributed by atoms with Crippen LogP contribution < -0.4 is 0 Å². The van der Waals surface area contributed by atoms with E-state index >= 15 is 0 Å². The van der Waals surface area contributed by atoms with Gasteiger partial charge in [0.1, 0.15) is 11.5 Å². The number of nitrogens with zero attached hydrogens (tertiary/aromatic N) is 3. The van der Waals surface area contributed by atoms with Gasteiger partial charge in [0.15, 0.2) is 0 Å². The molecule has 0 saturated carbocycles. The van der Waals surface area contributed by atoms with E-state index in [0.29, 0.717) is 18.3 Å². The smallest absolute Gasteiger partial charge is 0.251 e. The maximum absolute atomic E-state index is 9.61. The number of aromatic nitrogens is 2. The molecule has 2 aromatic rings. The Labute approximate surface area is 136 Å². The molecule has 1 fully saturated rings. The van der Waals surface area contributed by atoms with Gasteiger partial charge in [0.2, 0.25) is 5.89 Å². The van der Waals surface area contributed by atoms with Crippen molar-refractivity contribution in [3.63, 3.8) is 0 Å². The predicted octanol–water partition coefficient (Wildman–Crippen LogP) is 2.93. The zero-order valence-corrected chi connectivity index (χ0v) is 14.1. The number of hydrogen-bond donors (Lipinski definition) is 1. The highest BCUT2D eigenvalue weighted by Gasteiger charge is 2.32. The zero-order valence-electron chi connectivity index (χ0n) is 14.1. The lowest BCUT2D eigenvalue weighted by Gasteiger charge is -2.39. The normalized spacial score (nSPS) is 18.4. The fraction of sp³-hybridized carbons (Fsp3) is 0.647. The molecule has 1 aliphatic heterocycles. The van der Waals surface area contributed by atoms with E-state index in [1.54, 1.807) is 0 Å². The van der Waals surface area contributed by atoms with E-state index < -0.39 is 0 Å². The Morgan fingerprint density at radius 3 is 2.52 bits per heavy atom. The Kier molecular flexibility index (Phi) is 4.55. The molecule has 23 heavy (non-hydrogen) atoms. The van der Waals surface area contributed by atoms with Gasteiger partial charge < -0.3 is 13.9 Å². The van der Waals surface area contributed by atoms with Crippen molar-refractivity contribution in [1.82, 2.24) is 15.1 Å². The van der Waals surface area contributed by atoms with E-state index in [1.807, 2.05) is 19.9 Å². The van der Waals surface area contributed by atoms with Crippen LogP contribution in [0.1, 0.15) is 43.6 Å². The molecular formula is C17H25N3O3. The van der Waals surface area contributed by atoms with Crippen LogP contribution in [0.15, 0.2) is 14.9 Å². The SMILES string of the molecule is CCC1(CO)CCN(Cc2nnc(-c3cc(C)oc3C)o2)CC1. The second-order valence-corrected chi connectivity index (χ2v) is 6.62. The molecule has 0 amide bonds. The third-order valence-electron chi connectivity index (χ3n) is 5.10. The maximum Gasteiger partial charge on any atom is 0.251 e. The summed E-state index contributed by atoms with van der Waals surface area (Å²) in [4.78, 5) is 2.31. The summed E-state index contributed by atoms with van der Waals surface area (Å²) in [5.41, 5.74) is 0.965. The summed E-state index contributed by atoms with van der Waals surface area (Å²) in [7, 11) is 0. The Morgan fingerprint density at radius 1 is 1.22 bits per heavy atom. The number of aryl methyl sites for hydroxylation is 2. The third-order valence-corrected chi connectivity index (χ3v) is 5.10. The van der Waals surface area contributed by atoms with Crippen molar-refractivity contribution in [2.45, 2.75) is 46.6 Å². The highest BCUT2D eigenvalue weighted by atomic mass is 16.4. The Morgan fingerprint density at radius 2 is 1.96 bits per heavy atom. The average Bonchev–Trinajstić information content (AvgIpc) is 3.14. The molecule has 0 unspecified atom stereocenters. The lowest BCUT2D eigenvalue weighted by atomic mass is 9.77. The minimum atomic E-state index is 0.0991. The van der Waals surface area contributed by atoms with Gasteiger partial charge in [-0.15, -0.1) is 10.2 Å². The average molecular weight is 319 g/mol. The number of aliphatic hydroxyl groups is 1. The highest BCUT2D eigenvalue weighted by molar-refractivity contribution is 5.55. The van der Waals surface area contributed by atoms with Crippen molar-refractivity contribution in [1.29, 1.82) is 0 Å². The van der Waals surface area contributed by atoms with Gasteiger partial charge >= 0.3 is 0 Å². The Balaban J connectivity index is 1.63. The van der Waals surface area contributed by atoms with Crippen LogP contribution in [0.5, 0.6) is 0 Å². The number of hydrogen-bond acceptors (Lipinski definition) is 6. The van der Waals surface area contributed by atoms with Gasteiger partial charge in [-0.3, -0.25) is 4.90 Å². The summed E-state index contributed by atoms with van der Waals surface area (Å²) in [5, 5.41) is 17.9. The number of aliphatic hydroxyl groups excluding tert-OH is 1. The Bertz CT molecular complexity index is 648. The van der Waals surface area contributed by atoms with Crippen molar-refractivity contribution in [2.75, 3.05) is 19.7 Å². The van der Waals surface area contributed by atoms with Crippen molar-refractivity contribution in [3.05, 3.63) is 23.5 Å². The minimum Gasteiger partial charge on any atom is -0.466 e. The molecule has 1 N–H and O–H groups in total. The van der Waals surface area contributed by atoms with Crippen molar-refractivity contribution in [2.24, 2.45) is 5.41 Å². The first-order valence-electron chi connectivity index (χ1n) is 8.28. The van der Waals surface area contributed by atoms with Crippen molar-refractivity contribution >= 4 is 0 Å². The molecule has 0 spiro atoms. The third kappa shape index (κ3) is 3.33. The molecule has 3 rings (SSSR count). The summed E-state index contributed by atoms with van der Waals surface area (Å²) >= 11 is 0. The largest absolute Gasteiger partial charge is 0.466 e. The van der Waals surface area contributed by atoms with Crippen molar-refractivity contribution in [3.8, 4) is 11.5 Å². The second kappa shape index (κ2) is 6.45. The van der Waals surface area contributed by atoms with Gasteiger partial charge in [-0.05, 0) is 57.7 Å². The first-order chi connectivity index (χ1) is 11.0. The summed E-state index contributed by atoms with van der Waals surface area (Å²) in [5.74, 6) is 2.79. The van der Waals surface area contributed by atoms with Gasteiger partial charge in [-0.1, -0.05) is 6.92 Å². The van der Waals surface area contributed by atoms with Crippen LogP contribution >= 0.6 is 0 Å². The standard InChI is InChI=1S/C17H25N3O3/c1-4-17(11-21)5-7-20(8-6-17)10-15-18-19-16(23-15)14-9-12(2)22-13(14)3/h9,21H,4-8,10-11H2,1-3H3. The summed E-state index contributed by atoms with van der Waals surface area (Å²) in [6, 6.07) is 1.92. The highest BCUT2D eigenvalue weighted by Crippen LogP contribution is 2.34. The van der Waals surface area contributed by atoms with Gasteiger partial charge in [0.25, 0.3) is 5.89 Å². The van der Waals surface area contributed by atoms with Crippen LogP contribution in [0.2, 0.25) is 0 Å². The molecule has 0 radical (unpaired) electrons. The first kappa shape index (κ1) is 16.2. The van der Waals surface area contributed by atoms with Gasteiger partial charge in [0.05, 0.1) is 12.1 Å². The molecule has 6 nitrogen and oxygen atoms in total. The van der Waals surface area contributed by atoms with Gasteiger partial charge in [-0.25, -0.2) is 0 Å². The van der Waals surface area contributed by atoms with E-state index in [-0.39, 0.29) is 12.0 Å². The zero-order chi connectivity index (χ0) is 16.4. The van der Waals surface area contributed by atoms with Gasteiger partial charge in [0, 0.05) is 6.61 Å². The molecule has 6 heteroatoms. The molecule has 126 valence electrons. The monoisotopic (exact) mass is 319 g/mol. The van der Waals surface area contributed by atoms with Crippen LogP contribution in [-0.4, -0.2) is 39.9 Å². The molecule has 0 bridgehead atoms.